The minimum absolute atomic E-state index is 0.325. The zero-order valence-corrected chi connectivity index (χ0v) is 12.0. The summed E-state index contributed by atoms with van der Waals surface area (Å²) in [6.45, 7) is 6.28. The quantitative estimate of drug-likeness (QED) is 0.353. The molecule has 1 nitrogen and oxygen atoms in total. The molecule has 0 aromatic rings. The normalized spacial score (nSPS) is 13.1. The van der Waals surface area contributed by atoms with Crippen LogP contribution in [0.25, 0.3) is 0 Å². The van der Waals surface area contributed by atoms with Crippen LogP contribution >= 0.6 is 0 Å². The number of unbranched alkanes of at least 4 members (excludes halogenated alkanes) is 4. The van der Waals surface area contributed by atoms with Crippen molar-refractivity contribution in [1.29, 1.82) is 0 Å². The van der Waals surface area contributed by atoms with Crippen molar-refractivity contribution in [3.8, 4) is 0 Å². The Hall–Kier alpha value is -0.590. The first-order chi connectivity index (χ1) is 8.16. The van der Waals surface area contributed by atoms with Gasteiger partial charge in [-0.1, -0.05) is 45.3 Å². The first-order valence-corrected chi connectivity index (χ1v) is 7.31. The SMILES string of the molecule is CC[C@@H](C)CCC/C=C\CCCCCC(C)=O. The van der Waals surface area contributed by atoms with Gasteiger partial charge in [-0.2, -0.15) is 0 Å². The number of ketones is 1. The molecule has 0 heterocycles. The molecule has 0 spiro atoms. The van der Waals surface area contributed by atoms with Gasteiger partial charge < -0.3 is 4.79 Å². The van der Waals surface area contributed by atoms with E-state index in [2.05, 4.69) is 26.0 Å². The van der Waals surface area contributed by atoms with Crippen LogP contribution in [0, 0.1) is 5.92 Å². The Kier molecular flexibility index (Phi) is 11.5. The van der Waals surface area contributed by atoms with E-state index < -0.39 is 0 Å². The van der Waals surface area contributed by atoms with E-state index in [0.29, 0.717) is 5.78 Å². The van der Waals surface area contributed by atoms with E-state index in [0.717, 1.165) is 18.8 Å². The molecule has 0 aromatic heterocycles. The lowest BCUT2D eigenvalue weighted by molar-refractivity contribution is -0.117. The van der Waals surface area contributed by atoms with Crippen LogP contribution in [0.1, 0.15) is 78.6 Å². The van der Waals surface area contributed by atoms with Crippen LogP contribution in [0.2, 0.25) is 0 Å². The van der Waals surface area contributed by atoms with E-state index in [-0.39, 0.29) is 0 Å². The van der Waals surface area contributed by atoms with Crippen LogP contribution in [0.15, 0.2) is 12.2 Å². The predicted molar refractivity (Wildman–Crippen MR) is 76.2 cm³/mol. The number of carbonyl (C=O) groups excluding carboxylic acids is 1. The summed E-state index contributed by atoms with van der Waals surface area (Å²) in [5, 5.41) is 0. The van der Waals surface area contributed by atoms with Crippen molar-refractivity contribution in [3.63, 3.8) is 0 Å². The molecule has 0 radical (unpaired) electrons. The van der Waals surface area contributed by atoms with Crippen molar-refractivity contribution in [2.24, 2.45) is 5.92 Å². The lowest BCUT2D eigenvalue weighted by Gasteiger charge is -2.05. The molecule has 0 unspecified atom stereocenters. The molecule has 1 atom stereocenters. The number of carbonyl (C=O) groups is 1. The van der Waals surface area contributed by atoms with Crippen LogP contribution in [-0.4, -0.2) is 5.78 Å². The Morgan fingerprint density at radius 2 is 1.71 bits per heavy atom. The molecule has 0 aliphatic heterocycles. The third kappa shape index (κ3) is 13.3. The van der Waals surface area contributed by atoms with E-state index in [1.54, 1.807) is 6.92 Å². The summed E-state index contributed by atoms with van der Waals surface area (Å²) in [6, 6.07) is 0. The lowest BCUT2D eigenvalue weighted by Crippen LogP contribution is -1.90. The molecule has 0 fully saturated rings. The summed E-state index contributed by atoms with van der Waals surface area (Å²) in [5.41, 5.74) is 0. The van der Waals surface area contributed by atoms with Gasteiger partial charge in [0.2, 0.25) is 0 Å². The topological polar surface area (TPSA) is 17.1 Å². The zero-order chi connectivity index (χ0) is 12.9. The van der Waals surface area contributed by atoms with Crippen LogP contribution < -0.4 is 0 Å². The zero-order valence-electron chi connectivity index (χ0n) is 12.0. The number of hydrogen-bond donors (Lipinski definition) is 0. The van der Waals surface area contributed by atoms with Crippen molar-refractivity contribution in [2.45, 2.75) is 78.6 Å². The summed E-state index contributed by atoms with van der Waals surface area (Å²) in [6.07, 6.45) is 15.3. The van der Waals surface area contributed by atoms with E-state index >= 15 is 0 Å². The minimum Gasteiger partial charge on any atom is -0.300 e. The van der Waals surface area contributed by atoms with Crippen LogP contribution in [-0.2, 0) is 4.79 Å². The van der Waals surface area contributed by atoms with E-state index in [4.69, 9.17) is 0 Å². The van der Waals surface area contributed by atoms with Gasteiger partial charge in [0.1, 0.15) is 5.78 Å². The minimum atomic E-state index is 0.325. The Labute approximate surface area is 108 Å². The summed E-state index contributed by atoms with van der Waals surface area (Å²) in [4.78, 5) is 10.7. The highest BCUT2D eigenvalue weighted by molar-refractivity contribution is 5.75. The summed E-state index contributed by atoms with van der Waals surface area (Å²) >= 11 is 0. The smallest absolute Gasteiger partial charge is 0.129 e. The van der Waals surface area contributed by atoms with Gasteiger partial charge in [0.05, 0.1) is 0 Å². The second kappa shape index (κ2) is 11.9. The molecule has 1 heteroatoms. The second-order valence-corrected chi connectivity index (χ2v) is 5.22. The standard InChI is InChI=1S/C16H30O/c1-4-15(2)13-11-9-7-5-6-8-10-12-14-16(3)17/h5,7,15H,4,6,8-14H2,1-3H3/b7-5-/t15-/m1/s1. The van der Waals surface area contributed by atoms with Gasteiger partial charge in [-0.3, -0.25) is 0 Å². The maximum Gasteiger partial charge on any atom is 0.129 e. The molecule has 0 amide bonds. The second-order valence-electron chi connectivity index (χ2n) is 5.22. The maximum atomic E-state index is 10.7. The highest BCUT2D eigenvalue weighted by atomic mass is 16.1. The van der Waals surface area contributed by atoms with E-state index in [1.807, 2.05) is 0 Å². The molecule has 100 valence electrons. The van der Waals surface area contributed by atoms with Crippen LogP contribution in [0.4, 0.5) is 0 Å². The molecule has 17 heavy (non-hydrogen) atoms. The lowest BCUT2D eigenvalue weighted by atomic mass is 10.0. The Morgan fingerprint density at radius 3 is 2.29 bits per heavy atom. The first-order valence-electron chi connectivity index (χ1n) is 7.31. The molecule has 0 aliphatic rings. The van der Waals surface area contributed by atoms with Crippen molar-refractivity contribution in [3.05, 3.63) is 12.2 Å². The van der Waals surface area contributed by atoms with Gasteiger partial charge in [0, 0.05) is 6.42 Å². The number of allylic oxidation sites excluding steroid dienone is 2. The first kappa shape index (κ1) is 16.4. The fourth-order valence-corrected chi connectivity index (χ4v) is 1.84. The largest absolute Gasteiger partial charge is 0.300 e. The van der Waals surface area contributed by atoms with Crippen molar-refractivity contribution < 1.29 is 4.79 Å². The van der Waals surface area contributed by atoms with Gasteiger partial charge >= 0.3 is 0 Å². The maximum absolute atomic E-state index is 10.7. The van der Waals surface area contributed by atoms with Crippen molar-refractivity contribution >= 4 is 5.78 Å². The summed E-state index contributed by atoms with van der Waals surface area (Å²) in [5.74, 6) is 1.21. The average Bonchev–Trinajstić information content (AvgIpc) is 2.30. The predicted octanol–water partition coefficient (Wildman–Crippen LogP) is 5.30. The molecular formula is C16H30O. The molecule has 0 aromatic carbocycles. The summed E-state index contributed by atoms with van der Waals surface area (Å²) in [7, 11) is 0. The molecule has 0 bridgehead atoms. The number of Topliss-reactive ketones (excluding diaryl/α,β-unsaturated/α-hetero) is 1. The molecule has 0 N–H and O–H groups in total. The highest BCUT2D eigenvalue weighted by Crippen LogP contribution is 2.11. The molecule has 0 saturated heterocycles. The van der Waals surface area contributed by atoms with Gasteiger partial charge in [-0.25, -0.2) is 0 Å². The third-order valence-corrected chi connectivity index (χ3v) is 3.33. The highest BCUT2D eigenvalue weighted by Gasteiger charge is 1.96. The Bertz CT molecular complexity index is 206. The van der Waals surface area contributed by atoms with Gasteiger partial charge in [0.15, 0.2) is 0 Å². The van der Waals surface area contributed by atoms with E-state index in [9.17, 15) is 4.79 Å². The van der Waals surface area contributed by atoms with Gasteiger partial charge in [0.25, 0.3) is 0 Å². The Morgan fingerprint density at radius 1 is 1.06 bits per heavy atom. The van der Waals surface area contributed by atoms with Gasteiger partial charge in [-0.05, 0) is 44.9 Å². The van der Waals surface area contributed by atoms with Crippen molar-refractivity contribution in [1.82, 2.24) is 0 Å². The summed E-state index contributed by atoms with van der Waals surface area (Å²) < 4.78 is 0. The molecule has 0 aliphatic carbocycles. The molecular weight excluding hydrogens is 208 g/mol. The monoisotopic (exact) mass is 238 g/mol. The van der Waals surface area contributed by atoms with Crippen LogP contribution in [0.3, 0.4) is 0 Å². The Balaban J connectivity index is 3.17. The number of rotatable bonds is 11. The average molecular weight is 238 g/mol. The molecule has 0 saturated carbocycles. The van der Waals surface area contributed by atoms with Crippen LogP contribution in [0.5, 0.6) is 0 Å². The fraction of sp³-hybridized carbons (Fsp3) is 0.812. The van der Waals surface area contributed by atoms with Crippen molar-refractivity contribution in [2.75, 3.05) is 0 Å². The van der Waals surface area contributed by atoms with Gasteiger partial charge in [-0.15, -0.1) is 0 Å². The number of hydrogen-bond acceptors (Lipinski definition) is 1. The third-order valence-electron chi connectivity index (χ3n) is 3.33. The van der Waals surface area contributed by atoms with E-state index in [1.165, 1.54) is 44.9 Å². The molecule has 0 rings (SSSR count). The fourth-order valence-electron chi connectivity index (χ4n) is 1.84.